The molecule has 0 radical (unpaired) electrons. The van der Waals surface area contributed by atoms with Gasteiger partial charge in [0.25, 0.3) is 0 Å². The van der Waals surface area contributed by atoms with Crippen LogP contribution in [0.1, 0.15) is 11.1 Å². The molecule has 0 aliphatic carbocycles. The molecule has 3 nitrogen and oxygen atoms in total. The van der Waals surface area contributed by atoms with Crippen molar-refractivity contribution < 1.29 is 9.53 Å². The fourth-order valence-electron chi connectivity index (χ4n) is 2.64. The van der Waals surface area contributed by atoms with Crippen molar-refractivity contribution in [3.63, 3.8) is 0 Å². The molecule has 3 heteroatoms. The Morgan fingerprint density at radius 2 is 1.62 bits per heavy atom. The fourth-order valence-corrected chi connectivity index (χ4v) is 2.64. The molecule has 0 atom stereocenters. The van der Waals surface area contributed by atoms with Crippen LogP contribution in [0.5, 0.6) is 5.75 Å². The van der Waals surface area contributed by atoms with E-state index >= 15 is 0 Å². The summed E-state index contributed by atoms with van der Waals surface area (Å²) in [5.74, 6) is 0.462. The Morgan fingerprint density at radius 1 is 0.875 bits per heavy atom. The van der Waals surface area contributed by atoms with Crippen molar-refractivity contribution in [1.82, 2.24) is 0 Å². The third kappa shape index (κ3) is 4.02. The van der Waals surface area contributed by atoms with Crippen LogP contribution in [0.2, 0.25) is 0 Å². The van der Waals surface area contributed by atoms with Gasteiger partial charge in [0.05, 0.1) is 6.42 Å². The quantitative estimate of drug-likeness (QED) is 0.748. The summed E-state index contributed by atoms with van der Waals surface area (Å²) >= 11 is 0. The Balaban J connectivity index is 1.82. The molecule has 0 saturated carbocycles. The van der Waals surface area contributed by atoms with Gasteiger partial charge in [-0.3, -0.25) is 4.79 Å². The maximum atomic E-state index is 11.3. The van der Waals surface area contributed by atoms with Crippen LogP contribution in [-0.4, -0.2) is 5.91 Å². The largest absolute Gasteiger partial charge is 0.489 e. The Kier molecular flexibility index (Phi) is 4.92. The standard InChI is InChI=1S/C21H19NO2/c22-21(23)14-18-9-4-5-12-20(18)17-10-6-11-19(13-17)24-15-16-7-2-1-3-8-16/h1-13H,14-15H2,(H2,22,23). The molecule has 0 bridgehead atoms. The van der Waals surface area contributed by atoms with Gasteiger partial charge >= 0.3 is 0 Å². The molecule has 0 fully saturated rings. The molecule has 24 heavy (non-hydrogen) atoms. The predicted octanol–water partition coefficient (Wildman–Crippen LogP) is 3.96. The first kappa shape index (κ1) is 15.8. The van der Waals surface area contributed by atoms with Crippen molar-refractivity contribution in [1.29, 1.82) is 0 Å². The molecule has 3 aromatic carbocycles. The maximum absolute atomic E-state index is 11.3. The van der Waals surface area contributed by atoms with Gasteiger partial charge in [0, 0.05) is 0 Å². The van der Waals surface area contributed by atoms with E-state index in [-0.39, 0.29) is 12.3 Å². The van der Waals surface area contributed by atoms with E-state index in [2.05, 4.69) is 0 Å². The fraction of sp³-hybridized carbons (Fsp3) is 0.0952. The number of hydrogen-bond acceptors (Lipinski definition) is 2. The Labute approximate surface area is 141 Å². The minimum absolute atomic E-state index is 0.227. The number of nitrogens with two attached hydrogens (primary N) is 1. The number of benzene rings is 3. The summed E-state index contributed by atoms with van der Waals surface area (Å²) < 4.78 is 5.88. The van der Waals surface area contributed by atoms with Crippen LogP contribution in [0.15, 0.2) is 78.9 Å². The molecule has 120 valence electrons. The van der Waals surface area contributed by atoms with Gasteiger partial charge in [0.2, 0.25) is 5.91 Å². The highest BCUT2D eigenvalue weighted by Crippen LogP contribution is 2.27. The number of hydrogen-bond donors (Lipinski definition) is 1. The average molecular weight is 317 g/mol. The van der Waals surface area contributed by atoms with Crippen molar-refractivity contribution in [2.24, 2.45) is 5.73 Å². The van der Waals surface area contributed by atoms with Crippen LogP contribution in [0.25, 0.3) is 11.1 Å². The lowest BCUT2D eigenvalue weighted by molar-refractivity contribution is -0.117. The van der Waals surface area contributed by atoms with Crippen molar-refractivity contribution in [3.8, 4) is 16.9 Å². The van der Waals surface area contributed by atoms with E-state index in [1.165, 1.54) is 0 Å². The molecule has 0 unspecified atom stereocenters. The summed E-state index contributed by atoms with van der Waals surface area (Å²) in [4.78, 5) is 11.3. The predicted molar refractivity (Wildman–Crippen MR) is 95.6 cm³/mol. The zero-order valence-electron chi connectivity index (χ0n) is 13.3. The number of amides is 1. The van der Waals surface area contributed by atoms with E-state index in [0.717, 1.165) is 28.0 Å². The smallest absolute Gasteiger partial charge is 0.221 e. The number of carbonyl (C=O) groups excluding carboxylic acids is 1. The third-order valence-electron chi connectivity index (χ3n) is 3.78. The van der Waals surface area contributed by atoms with E-state index in [1.54, 1.807) is 0 Å². The van der Waals surface area contributed by atoms with Crippen LogP contribution >= 0.6 is 0 Å². The lowest BCUT2D eigenvalue weighted by atomic mass is 9.97. The second-order valence-corrected chi connectivity index (χ2v) is 5.60. The molecule has 1 amide bonds. The molecule has 0 aromatic heterocycles. The number of primary amides is 1. The summed E-state index contributed by atoms with van der Waals surface area (Å²) in [6.07, 6.45) is 0.227. The van der Waals surface area contributed by atoms with E-state index in [0.29, 0.717) is 6.61 Å². The van der Waals surface area contributed by atoms with Gasteiger partial charge in [-0.1, -0.05) is 66.7 Å². The van der Waals surface area contributed by atoms with Gasteiger partial charge in [-0.2, -0.15) is 0 Å². The van der Waals surface area contributed by atoms with Crippen LogP contribution in [0.4, 0.5) is 0 Å². The van der Waals surface area contributed by atoms with Crippen LogP contribution in [0.3, 0.4) is 0 Å². The minimum Gasteiger partial charge on any atom is -0.489 e. The number of rotatable bonds is 6. The van der Waals surface area contributed by atoms with Gasteiger partial charge in [-0.05, 0) is 34.4 Å². The third-order valence-corrected chi connectivity index (χ3v) is 3.78. The minimum atomic E-state index is -0.334. The highest BCUT2D eigenvalue weighted by atomic mass is 16.5. The Morgan fingerprint density at radius 3 is 2.42 bits per heavy atom. The summed E-state index contributed by atoms with van der Waals surface area (Å²) in [7, 11) is 0. The SMILES string of the molecule is NC(=O)Cc1ccccc1-c1cccc(OCc2ccccc2)c1. The summed E-state index contributed by atoms with van der Waals surface area (Å²) in [5, 5.41) is 0. The van der Waals surface area contributed by atoms with E-state index in [4.69, 9.17) is 10.5 Å². The lowest BCUT2D eigenvalue weighted by Gasteiger charge is -2.11. The number of carbonyl (C=O) groups is 1. The topological polar surface area (TPSA) is 52.3 Å². The molecular formula is C21H19NO2. The van der Waals surface area contributed by atoms with Crippen molar-refractivity contribution in [2.45, 2.75) is 13.0 Å². The summed E-state index contributed by atoms with van der Waals surface area (Å²) in [6.45, 7) is 0.521. The van der Waals surface area contributed by atoms with Gasteiger partial charge < -0.3 is 10.5 Å². The Hall–Kier alpha value is -3.07. The number of ether oxygens (including phenoxy) is 1. The zero-order chi connectivity index (χ0) is 16.8. The highest BCUT2D eigenvalue weighted by molar-refractivity contribution is 5.80. The molecule has 0 aliphatic rings. The zero-order valence-corrected chi connectivity index (χ0v) is 13.3. The average Bonchev–Trinajstić information content (AvgIpc) is 2.61. The Bertz CT molecular complexity index is 828. The summed E-state index contributed by atoms with van der Waals surface area (Å²) in [5.41, 5.74) is 9.41. The second-order valence-electron chi connectivity index (χ2n) is 5.60. The van der Waals surface area contributed by atoms with Crippen molar-refractivity contribution in [3.05, 3.63) is 90.0 Å². The molecule has 0 heterocycles. The molecular weight excluding hydrogens is 298 g/mol. The van der Waals surface area contributed by atoms with E-state index < -0.39 is 0 Å². The second kappa shape index (κ2) is 7.47. The molecule has 2 N–H and O–H groups in total. The van der Waals surface area contributed by atoms with E-state index in [1.807, 2.05) is 78.9 Å². The van der Waals surface area contributed by atoms with Crippen LogP contribution < -0.4 is 10.5 Å². The maximum Gasteiger partial charge on any atom is 0.221 e. The van der Waals surface area contributed by atoms with Crippen LogP contribution in [0, 0.1) is 0 Å². The van der Waals surface area contributed by atoms with Gasteiger partial charge in [0.15, 0.2) is 0 Å². The van der Waals surface area contributed by atoms with Gasteiger partial charge in [-0.25, -0.2) is 0 Å². The molecule has 0 spiro atoms. The highest BCUT2D eigenvalue weighted by Gasteiger charge is 2.08. The van der Waals surface area contributed by atoms with Crippen molar-refractivity contribution in [2.75, 3.05) is 0 Å². The van der Waals surface area contributed by atoms with Gasteiger partial charge in [-0.15, -0.1) is 0 Å². The molecule has 3 aromatic rings. The molecule has 0 saturated heterocycles. The lowest BCUT2D eigenvalue weighted by Crippen LogP contribution is -2.14. The first-order valence-corrected chi connectivity index (χ1v) is 7.86. The molecule has 0 aliphatic heterocycles. The first-order valence-electron chi connectivity index (χ1n) is 7.86. The first-order chi connectivity index (χ1) is 11.7. The van der Waals surface area contributed by atoms with E-state index in [9.17, 15) is 4.79 Å². The normalized spacial score (nSPS) is 10.3. The van der Waals surface area contributed by atoms with Crippen LogP contribution in [-0.2, 0) is 17.8 Å². The van der Waals surface area contributed by atoms with Crippen molar-refractivity contribution >= 4 is 5.91 Å². The van der Waals surface area contributed by atoms with Gasteiger partial charge in [0.1, 0.15) is 12.4 Å². The monoisotopic (exact) mass is 317 g/mol. The summed E-state index contributed by atoms with van der Waals surface area (Å²) in [6, 6.07) is 25.7. The molecule has 3 rings (SSSR count).